The molecule has 0 aliphatic heterocycles. The van der Waals surface area contributed by atoms with Crippen molar-refractivity contribution in [2.24, 2.45) is 12.5 Å². The van der Waals surface area contributed by atoms with Crippen molar-refractivity contribution in [2.45, 2.75) is 51.5 Å². The molecule has 0 unspecified atom stereocenters. The molecule has 1 aliphatic rings. The second-order valence-electron chi connectivity index (χ2n) is 6.06. The van der Waals surface area contributed by atoms with Crippen molar-refractivity contribution in [1.29, 1.82) is 0 Å². The molecule has 1 saturated carbocycles. The van der Waals surface area contributed by atoms with Gasteiger partial charge in [-0.1, -0.05) is 25.7 Å². The molecule has 21 heavy (non-hydrogen) atoms. The average molecular weight is 292 g/mol. The summed E-state index contributed by atoms with van der Waals surface area (Å²) in [6.07, 6.45) is 7.17. The van der Waals surface area contributed by atoms with Gasteiger partial charge in [-0.2, -0.15) is 0 Å². The molecule has 1 aliphatic carbocycles. The summed E-state index contributed by atoms with van der Waals surface area (Å²) in [4.78, 5) is 23.8. The molecular weight excluding hydrogens is 268 g/mol. The van der Waals surface area contributed by atoms with Gasteiger partial charge in [-0.25, -0.2) is 0 Å². The van der Waals surface area contributed by atoms with Gasteiger partial charge in [0.25, 0.3) is 0 Å². The second-order valence-corrected chi connectivity index (χ2v) is 6.06. The number of aliphatic carboxylic acids is 1. The topological polar surface area (TPSA) is 71.3 Å². The molecule has 2 N–H and O–H groups in total. The smallest absolute Gasteiger partial charge is 0.310 e. The number of rotatable bonds is 5. The first-order valence-corrected chi connectivity index (χ1v) is 7.64. The number of aryl methyl sites for hydroxylation is 1. The molecule has 0 aromatic carbocycles. The van der Waals surface area contributed by atoms with Crippen molar-refractivity contribution in [3.63, 3.8) is 0 Å². The summed E-state index contributed by atoms with van der Waals surface area (Å²) in [5.74, 6) is -0.987. The number of aromatic nitrogens is 1. The monoisotopic (exact) mass is 292 g/mol. The van der Waals surface area contributed by atoms with Crippen molar-refractivity contribution in [2.75, 3.05) is 0 Å². The largest absolute Gasteiger partial charge is 0.481 e. The Kier molecular flexibility index (Phi) is 5.04. The maximum Gasteiger partial charge on any atom is 0.310 e. The minimum Gasteiger partial charge on any atom is -0.481 e. The Balaban J connectivity index is 1.95. The van der Waals surface area contributed by atoms with Crippen LogP contribution in [0, 0.1) is 5.41 Å². The van der Waals surface area contributed by atoms with Crippen LogP contribution in [0.3, 0.4) is 0 Å². The molecule has 2 rings (SSSR count). The van der Waals surface area contributed by atoms with Gasteiger partial charge in [0.1, 0.15) is 0 Å². The van der Waals surface area contributed by atoms with E-state index in [1.165, 1.54) is 0 Å². The van der Waals surface area contributed by atoms with Gasteiger partial charge in [-0.3, -0.25) is 9.59 Å². The lowest BCUT2D eigenvalue weighted by atomic mass is 9.77. The highest BCUT2D eigenvalue weighted by molar-refractivity contribution is 5.85. The third-order valence-corrected chi connectivity index (χ3v) is 4.53. The Morgan fingerprint density at radius 3 is 2.48 bits per heavy atom. The SMILES string of the molecule is Cn1cccc1CNC(=O)CC1(C(=O)O)CCCCCC1. The third-order valence-electron chi connectivity index (χ3n) is 4.53. The molecule has 1 amide bonds. The van der Waals surface area contributed by atoms with Crippen LogP contribution >= 0.6 is 0 Å². The van der Waals surface area contributed by atoms with E-state index in [-0.39, 0.29) is 12.3 Å². The van der Waals surface area contributed by atoms with E-state index in [1.807, 2.05) is 29.9 Å². The molecular formula is C16H24N2O3. The number of carbonyl (C=O) groups is 2. The molecule has 1 heterocycles. The fourth-order valence-corrected chi connectivity index (χ4v) is 3.11. The normalized spacial score (nSPS) is 18.0. The predicted molar refractivity (Wildman–Crippen MR) is 79.6 cm³/mol. The molecule has 5 heteroatoms. The zero-order valence-corrected chi connectivity index (χ0v) is 12.6. The molecule has 0 atom stereocenters. The fourth-order valence-electron chi connectivity index (χ4n) is 3.11. The van der Waals surface area contributed by atoms with Crippen LogP contribution in [0.4, 0.5) is 0 Å². The lowest BCUT2D eigenvalue weighted by Gasteiger charge is -2.27. The van der Waals surface area contributed by atoms with Gasteiger partial charge in [0.2, 0.25) is 5.91 Å². The predicted octanol–water partition coefficient (Wildman–Crippen LogP) is 2.46. The standard InChI is InChI=1S/C16H24N2O3/c1-18-10-6-7-13(18)12-17-14(19)11-16(15(20)21)8-4-2-3-5-9-16/h6-7,10H,2-5,8-9,11-12H2,1H3,(H,17,19)(H,20,21). The van der Waals surface area contributed by atoms with Crippen LogP contribution in [0.1, 0.15) is 50.6 Å². The molecule has 0 radical (unpaired) electrons. The van der Waals surface area contributed by atoms with Crippen LogP contribution in [-0.4, -0.2) is 21.6 Å². The van der Waals surface area contributed by atoms with Crippen molar-refractivity contribution < 1.29 is 14.7 Å². The average Bonchev–Trinajstić information content (AvgIpc) is 2.70. The molecule has 1 aromatic heterocycles. The molecule has 0 bridgehead atoms. The van der Waals surface area contributed by atoms with Gasteiger partial charge >= 0.3 is 5.97 Å². The number of hydrogen-bond acceptors (Lipinski definition) is 2. The third kappa shape index (κ3) is 3.86. The Labute approximate surface area is 125 Å². The number of carbonyl (C=O) groups excluding carboxylic acids is 1. The maximum atomic E-state index is 12.2. The zero-order chi connectivity index (χ0) is 15.3. The van der Waals surface area contributed by atoms with Crippen molar-refractivity contribution in [3.8, 4) is 0 Å². The van der Waals surface area contributed by atoms with Crippen LogP contribution in [0.25, 0.3) is 0 Å². The fraction of sp³-hybridized carbons (Fsp3) is 0.625. The summed E-state index contributed by atoms with van der Waals surface area (Å²) >= 11 is 0. The second kappa shape index (κ2) is 6.78. The van der Waals surface area contributed by atoms with Crippen molar-refractivity contribution >= 4 is 11.9 Å². The molecule has 1 fully saturated rings. The number of nitrogens with one attached hydrogen (secondary N) is 1. The Morgan fingerprint density at radius 1 is 1.29 bits per heavy atom. The number of carboxylic acid groups (broad SMARTS) is 1. The van der Waals surface area contributed by atoms with E-state index < -0.39 is 11.4 Å². The summed E-state index contributed by atoms with van der Waals surface area (Å²) in [5, 5.41) is 12.4. The Bertz CT molecular complexity index is 499. The van der Waals surface area contributed by atoms with E-state index in [1.54, 1.807) is 0 Å². The van der Waals surface area contributed by atoms with E-state index in [0.717, 1.165) is 31.4 Å². The Hall–Kier alpha value is -1.78. The first-order valence-electron chi connectivity index (χ1n) is 7.64. The maximum absolute atomic E-state index is 12.2. The highest BCUT2D eigenvalue weighted by Gasteiger charge is 2.40. The number of nitrogens with zero attached hydrogens (tertiary/aromatic N) is 1. The van der Waals surface area contributed by atoms with E-state index in [9.17, 15) is 14.7 Å². The van der Waals surface area contributed by atoms with Gasteiger partial charge in [-0.15, -0.1) is 0 Å². The highest BCUT2D eigenvalue weighted by Crippen LogP contribution is 2.38. The van der Waals surface area contributed by atoms with Crippen molar-refractivity contribution in [1.82, 2.24) is 9.88 Å². The Morgan fingerprint density at radius 2 is 1.95 bits per heavy atom. The van der Waals surface area contributed by atoms with Crippen LogP contribution < -0.4 is 5.32 Å². The van der Waals surface area contributed by atoms with Crippen LogP contribution in [0.5, 0.6) is 0 Å². The minimum absolute atomic E-state index is 0.0900. The van der Waals surface area contributed by atoms with Gasteiger partial charge in [-0.05, 0) is 25.0 Å². The van der Waals surface area contributed by atoms with Gasteiger partial charge < -0.3 is 15.0 Å². The number of hydrogen-bond donors (Lipinski definition) is 2. The molecule has 116 valence electrons. The highest BCUT2D eigenvalue weighted by atomic mass is 16.4. The van der Waals surface area contributed by atoms with Crippen LogP contribution in [0.15, 0.2) is 18.3 Å². The molecule has 5 nitrogen and oxygen atoms in total. The molecule has 0 spiro atoms. The van der Waals surface area contributed by atoms with E-state index in [4.69, 9.17) is 0 Å². The number of amides is 1. The van der Waals surface area contributed by atoms with Crippen molar-refractivity contribution in [3.05, 3.63) is 24.0 Å². The summed E-state index contributed by atoms with van der Waals surface area (Å²) < 4.78 is 1.94. The lowest BCUT2D eigenvalue weighted by Crippen LogP contribution is -2.37. The van der Waals surface area contributed by atoms with E-state index >= 15 is 0 Å². The van der Waals surface area contributed by atoms with Crippen LogP contribution in [-0.2, 0) is 23.2 Å². The summed E-state index contributed by atoms with van der Waals surface area (Å²) in [6, 6.07) is 3.87. The first-order chi connectivity index (χ1) is 10.0. The summed E-state index contributed by atoms with van der Waals surface area (Å²) in [5.41, 5.74) is 0.142. The zero-order valence-electron chi connectivity index (χ0n) is 12.6. The quantitative estimate of drug-likeness (QED) is 0.819. The van der Waals surface area contributed by atoms with Gasteiger partial charge in [0.15, 0.2) is 0 Å². The minimum atomic E-state index is -0.866. The van der Waals surface area contributed by atoms with Gasteiger partial charge in [0, 0.05) is 25.4 Å². The molecule has 0 saturated heterocycles. The first kappa shape index (κ1) is 15.6. The summed E-state index contributed by atoms with van der Waals surface area (Å²) in [6.45, 7) is 0.442. The lowest BCUT2D eigenvalue weighted by molar-refractivity contribution is -0.152. The molecule has 1 aromatic rings. The van der Waals surface area contributed by atoms with Gasteiger partial charge in [0.05, 0.1) is 12.0 Å². The summed E-state index contributed by atoms with van der Waals surface area (Å²) in [7, 11) is 1.92. The van der Waals surface area contributed by atoms with Crippen LogP contribution in [0.2, 0.25) is 0 Å². The van der Waals surface area contributed by atoms with E-state index in [2.05, 4.69) is 5.32 Å². The number of carboxylic acids is 1. The van der Waals surface area contributed by atoms with E-state index in [0.29, 0.717) is 19.4 Å².